The predicted octanol–water partition coefficient (Wildman–Crippen LogP) is 1.98. The number of carbonyl (C=O) groups is 2. The van der Waals surface area contributed by atoms with Crippen molar-refractivity contribution in [3.63, 3.8) is 0 Å². The van der Waals surface area contributed by atoms with Crippen LogP contribution < -0.4 is 14.8 Å². The molecule has 0 aliphatic carbocycles. The molecule has 3 N–H and O–H groups in total. The molecule has 1 aromatic rings. The summed E-state index contributed by atoms with van der Waals surface area (Å²) in [6.45, 7) is 7.32. The first-order chi connectivity index (χ1) is 12.1. The molecule has 2 unspecified atom stereocenters. The number of aliphatic hydroxyl groups excluding tert-OH is 1. The summed E-state index contributed by atoms with van der Waals surface area (Å²) in [7, 11) is 1.51. The molecule has 0 radical (unpaired) electrons. The fourth-order valence-corrected chi connectivity index (χ4v) is 2.24. The number of benzene rings is 1. The van der Waals surface area contributed by atoms with E-state index >= 15 is 0 Å². The standard InChI is InChI=1S/C18H27NO7/c1-6-25-14-10-11(7-8-13(14)24-5)9-12(15(20)16(21)22)19-17(23)26-18(2,3)4/h7-8,10,12,15,20H,6,9H2,1-5H3,(H,19,23)(H,21,22). The number of rotatable bonds is 8. The lowest BCUT2D eigenvalue weighted by Gasteiger charge is -2.25. The van der Waals surface area contributed by atoms with Crippen LogP contribution in [0.5, 0.6) is 11.5 Å². The molecule has 8 nitrogen and oxygen atoms in total. The maximum atomic E-state index is 12.0. The van der Waals surface area contributed by atoms with E-state index in [0.29, 0.717) is 23.7 Å². The van der Waals surface area contributed by atoms with Crippen molar-refractivity contribution >= 4 is 12.1 Å². The van der Waals surface area contributed by atoms with Crippen molar-refractivity contribution in [3.8, 4) is 11.5 Å². The van der Waals surface area contributed by atoms with Gasteiger partial charge in [-0.1, -0.05) is 6.07 Å². The maximum absolute atomic E-state index is 12.0. The van der Waals surface area contributed by atoms with Gasteiger partial charge in [0.2, 0.25) is 0 Å². The number of aliphatic carboxylic acids is 1. The van der Waals surface area contributed by atoms with E-state index in [1.807, 2.05) is 6.92 Å². The largest absolute Gasteiger partial charge is 0.493 e. The Morgan fingerprint density at radius 3 is 2.38 bits per heavy atom. The number of hydrogen-bond acceptors (Lipinski definition) is 6. The molecule has 8 heteroatoms. The SMILES string of the molecule is CCOc1cc(CC(NC(=O)OC(C)(C)C)C(O)C(=O)O)ccc1OC. The highest BCUT2D eigenvalue weighted by Gasteiger charge is 2.29. The Labute approximate surface area is 153 Å². The van der Waals surface area contributed by atoms with Gasteiger partial charge in [0.15, 0.2) is 17.6 Å². The van der Waals surface area contributed by atoms with Crippen molar-refractivity contribution in [1.29, 1.82) is 0 Å². The van der Waals surface area contributed by atoms with Gasteiger partial charge in [-0.3, -0.25) is 0 Å². The van der Waals surface area contributed by atoms with Crippen LogP contribution in [0.1, 0.15) is 33.3 Å². The molecular formula is C18H27NO7. The van der Waals surface area contributed by atoms with E-state index in [4.69, 9.17) is 19.3 Å². The van der Waals surface area contributed by atoms with E-state index in [0.717, 1.165) is 0 Å². The lowest BCUT2D eigenvalue weighted by atomic mass is 10.0. The minimum Gasteiger partial charge on any atom is -0.493 e. The molecule has 2 atom stereocenters. The normalized spacial score (nSPS) is 13.5. The zero-order valence-corrected chi connectivity index (χ0v) is 15.7. The molecule has 0 aliphatic heterocycles. The van der Waals surface area contributed by atoms with Crippen LogP contribution in [0.25, 0.3) is 0 Å². The number of hydrogen-bond donors (Lipinski definition) is 3. The Bertz CT molecular complexity index is 624. The molecule has 0 saturated carbocycles. The molecule has 0 heterocycles. The van der Waals surface area contributed by atoms with E-state index in [1.165, 1.54) is 7.11 Å². The number of methoxy groups -OCH3 is 1. The van der Waals surface area contributed by atoms with Crippen LogP contribution in [-0.2, 0) is 16.0 Å². The van der Waals surface area contributed by atoms with Crippen LogP contribution in [0.4, 0.5) is 4.79 Å². The zero-order chi connectivity index (χ0) is 19.9. The highest BCUT2D eigenvalue weighted by molar-refractivity contribution is 5.75. The summed E-state index contributed by atoms with van der Waals surface area (Å²) in [5, 5.41) is 21.5. The third kappa shape index (κ3) is 6.79. The summed E-state index contributed by atoms with van der Waals surface area (Å²) in [4.78, 5) is 23.2. The van der Waals surface area contributed by atoms with E-state index in [9.17, 15) is 14.7 Å². The van der Waals surface area contributed by atoms with Gasteiger partial charge in [0.05, 0.1) is 19.8 Å². The van der Waals surface area contributed by atoms with Crippen LogP contribution in [-0.4, -0.2) is 53.7 Å². The highest BCUT2D eigenvalue weighted by atomic mass is 16.6. The fourth-order valence-electron chi connectivity index (χ4n) is 2.24. The molecular weight excluding hydrogens is 342 g/mol. The second-order valence-electron chi connectivity index (χ2n) is 6.66. The molecule has 0 bridgehead atoms. The number of aliphatic hydroxyl groups is 1. The van der Waals surface area contributed by atoms with Crippen molar-refractivity contribution < 1.29 is 34.0 Å². The molecule has 1 rings (SSSR count). The van der Waals surface area contributed by atoms with Gasteiger partial charge in [0.1, 0.15) is 5.60 Å². The molecule has 0 spiro atoms. The van der Waals surface area contributed by atoms with E-state index in [2.05, 4.69) is 5.32 Å². The average Bonchev–Trinajstić information content (AvgIpc) is 2.52. The Morgan fingerprint density at radius 1 is 1.23 bits per heavy atom. The molecule has 0 aromatic heterocycles. The van der Waals surface area contributed by atoms with Gasteiger partial charge in [-0.25, -0.2) is 9.59 Å². The monoisotopic (exact) mass is 369 g/mol. The van der Waals surface area contributed by atoms with Gasteiger partial charge in [-0.15, -0.1) is 0 Å². The second-order valence-corrected chi connectivity index (χ2v) is 6.66. The molecule has 1 amide bonds. The van der Waals surface area contributed by atoms with Crippen LogP contribution in [0.15, 0.2) is 18.2 Å². The number of nitrogens with one attached hydrogen (secondary N) is 1. The summed E-state index contributed by atoms with van der Waals surface area (Å²) in [6, 6.07) is 3.99. The predicted molar refractivity (Wildman–Crippen MR) is 94.7 cm³/mol. The first-order valence-electron chi connectivity index (χ1n) is 8.27. The second kappa shape index (κ2) is 9.28. The number of carbonyl (C=O) groups excluding carboxylic acids is 1. The minimum atomic E-state index is -1.79. The Kier molecular flexibility index (Phi) is 7.70. The van der Waals surface area contributed by atoms with Crippen LogP contribution in [0, 0.1) is 0 Å². The molecule has 1 aromatic carbocycles. The van der Waals surface area contributed by atoms with Crippen LogP contribution in [0.3, 0.4) is 0 Å². The highest BCUT2D eigenvalue weighted by Crippen LogP contribution is 2.28. The first-order valence-corrected chi connectivity index (χ1v) is 8.27. The third-order valence-corrected chi connectivity index (χ3v) is 3.32. The van der Waals surface area contributed by atoms with Crippen molar-refractivity contribution in [3.05, 3.63) is 23.8 Å². The van der Waals surface area contributed by atoms with Gasteiger partial charge < -0.3 is 29.7 Å². The summed E-state index contributed by atoms with van der Waals surface area (Å²) in [5.41, 5.74) is -0.0824. The maximum Gasteiger partial charge on any atom is 0.407 e. The topological polar surface area (TPSA) is 114 Å². The number of amides is 1. The van der Waals surface area contributed by atoms with E-state index < -0.39 is 29.8 Å². The van der Waals surface area contributed by atoms with Crippen LogP contribution >= 0.6 is 0 Å². The van der Waals surface area contributed by atoms with E-state index in [1.54, 1.807) is 39.0 Å². The van der Waals surface area contributed by atoms with Crippen molar-refractivity contribution in [1.82, 2.24) is 5.32 Å². The zero-order valence-electron chi connectivity index (χ0n) is 15.7. The molecule has 0 fully saturated rings. The number of carboxylic acids is 1. The average molecular weight is 369 g/mol. The van der Waals surface area contributed by atoms with Crippen molar-refractivity contribution in [2.45, 2.75) is 51.9 Å². The van der Waals surface area contributed by atoms with Gasteiger partial charge in [-0.05, 0) is 51.8 Å². The Balaban J connectivity index is 3.00. The first kappa shape index (κ1) is 21.6. The quantitative estimate of drug-likeness (QED) is 0.642. The number of carboxylic acid groups (broad SMARTS) is 1. The molecule has 0 aliphatic rings. The van der Waals surface area contributed by atoms with Crippen molar-refractivity contribution in [2.75, 3.05) is 13.7 Å². The summed E-state index contributed by atoms with van der Waals surface area (Å²) < 4.78 is 15.8. The van der Waals surface area contributed by atoms with Gasteiger partial charge in [0, 0.05) is 0 Å². The van der Waals surface area contributed by atoms with Crippen molar-refractivity contribution in [2.24, 2.45) is 0 Å². The van der Waals surface area contributed by atoms with Gasteiger partial charge in [0.25, 0.3) is 0 Å². The summed E-state index contributed by atoms with van der Waals surface area (Å²) in [6.07, 6.45) is -2.53. The number of ether oxygens (including phenoxy) is 3. The minimum absolute atomic E-state index is 0.0662. The lowest BCUT2D eigenvalue weighted by Crippen LogP contribution is -2.49. The summed E-state index contributed by atoms with van der Waals surface area (Å²) >= 11 is 0. The fraction of sp³-hybridized carbons (Fsp3) is 0.556. The van der Waals surface area contributed by atoms with Gasteiger partial charge in [-0.2, -0.15) is 0 Å². The summed E-state index contributed by atoms with van der Waals surface area (Å²) in [5.74, 6) is -0.413. The molecule has 146 valence electrons. The smallest absolute Gasteiger partial charge is 0.407 e. The van der Waals surface area contributed by atoms with E-state index in [-0.39, 0.29) is 6.42 Å². The lowest BCUT2D eigenvalue weighted by molar-refractivity contribution is -0.148. The molecule has 0 saturated heterocycles. The molecule has 26 heavy (non-hydrogen) atoms. The number of alkyl carbamates (subject to hydrolysis) is 1. The third-order valence-electron chi connectivity index (χ3n) is 3.32. The van der Waals surface area contributed by atoms with Crippen LogP contribution in [0.2, 0.25) is 0 Å². The Hall–Kier alpha value is -2.48. The Morgan fingerprint density at radius 2 is 1.88 bits per heavy atom. The van der Waals surface area contributed by atoms with Gasteiger partial charge >= 0.3 is 12.1 Å².